The molecular weight excluding hydrogens is 254 g/mol. The fourth-order valence-corrected chi connectivity index (χ4v) is 0.479. The zero-order chi connectivity index (χ0) is 9.78. The summed E-state index contributed by atoms with van der Waals surface area (Å²) in [6.07, 6.45) is -1.42. The Morgan fingerprint density at radius 2 is 1.83 bits per heavy atom. The summed E-state index contributed by atoms with van der Waals surface area (Å²) in [4.78, 5) is 20.4. The molecule has 0 saturated carbocycles. The third-order valence-corrected chi connectivity index (χ3v) is 1.70. The number of halogens is 4. The van der Waals surface area contributed by atoms with E-state index in [1.807, 2.05) is 0 Å². The molecule has 0 heterocycles. The maximum Gasteiger partial charge on any atom is 0.519 e. The predicted molar refractivity (Wildman–Crippen MR) is 44.0 cm³/mol. The van der Waals surface area contributed by atoms with E-state index >= 15 is 0 Å². The van der Waals surface area contributed by atoms with Crippen molar-refractivity contribution in [3.8, 4) is 0 Å². The van der Waals surface area contributed by atoms with Gasteiger partial charge in [0.25, 0.3) is 4.52 Å². The number of carbonyl (C=O) groups excluding carboxylic acids is 2. The molecule has 8 heteroatoms. The SMILES string of the molecule is O=C(Cl)OC(=O)OC(Cl)(Cl)CCl. The van der Waals surface area contributed by atoms with Gasteiger partial charge in [0, 0.05) is 11.6 Å². The Morgan fingerprint density at radius 3 is 2.17 bits per heavy atom. The van der Waals surface area contributed by atoms with Gasteiger partial charge in [0.1, 0.15) is 0 Å². The molecule has 0 spiro atoms. The molecule has 0 N–H and O–H groups in total. The van der Waals surface area contributed by atoms with Gasteiger partial charge in [-0.2, -0.15) is 0 Å². The Morgan fingerprint density at radius 1 is 1.33 bits per heavy atom. The maximum absolute atomic E-state index is 10.5. The van der Waals surface area contributed by atoms with Crippen LogP contribution in [0.2, 0.25) is 0 Å². The highest BCUT2D eigenvalue weighted by Gasteiger charge is 2.29. The van der Waals surface area contributed by atoms with E-state index in [1.165, 1.54) is 0 Å². The van der Waals surface area contributed by atoms with Crippen LogP contribution in [0.25, 0.3) is 0 Å². The predicted octanol–water partition coefficient (Wildman–Crippen LogP) is 2.87. The first-order valence-electron chi connectivity index (χ1n) is 2.41. The molecule has 0 atom stereocenters. The van der Waals surface area contributed by atoms with Crippen molar-refractivity contribution in [1.82, 2.24) is 0 Å². The van der Waals surface area contributed by atoms with E-state index in [9.17, 15) is 9.59 Å². The van der Waals surface area contributed by atoms with E-state index in [1.54, 1.807) is 0 Å². The number of hydrogen-bond acceptors (Lipinski definition) is 4. The van der Waals surface area contributed by atoms with Crippen LogP contribution in [0, 0.1) is 0 Å². The van der Waals surface area contributed by atoms with E-state index < -0.39 is 16.1 Å². The molecule has 0 aromatic heterocycles. The lowest BCUT2D eigenvalue weighted by atomic mass is 10.8. The van der Waals surface area contributed by atoms with Gasteiger partial charge in [-0.05, 0) is 0 Å². The molecule has 70 valence electrons. The summed E-state index contributed by atoms with van der Waals surface area (Å²) in [6.45, 7) is 0. The summed E-state index contributed by atoms with van der Waals surface area (Å²) >= 11 is 20.3. The van der Waals surface area contributed by atoms with Gasteiger partial charge in [0.2, 0.25) is 0 Å². The first-order valence-corrected chi connectivity index (χ1v) is 4.08. The van der Waals surface area contributed by atoms with Gasteiger partial charge in [-0.25, -0.2) is 9.59 Å². The molecule has 12 heavy (non-hydrogen) atoms. The van der Waals surface area contributed by atoms with Crippen LogP contribution in [0.4, 0.5) is 9.59 Å². The van der Waals surface area contributed by atoms with Gasteiger partial charge in [0.15, 0.2) is 0 Å². The fraction of sp³-hybridized carbons (Fsp3) is 0.500. The molecule has 0 fully saturated rings. The monoisotopic (exact) mass is 254 g/mol. The van der Waals surface area contributed by atoms with Gasteiger partial charge in [0.05, 0.1) is 5.88 Å². The second kappa shape index (κ2) is 4.97. The Balaban J connectivity index is 3.92. The van der Waals surface area contributed by atoms with Crippen LogP contribution >= 0.6 is 46.4 Å². The first-order chi connectivity index (χ1) is 5.37. The van der Waals surface area contributed by atoms with Crippen molar-refractivity contribution in [2.45, 2.75) is 4.52 Å². The largest absolute Gasteiger partial charge is 0.519 e. The second-order valence-electron chi connectivity index (χ2n) is 1.46. The topological polar surface area (TPSA) is 52.6 Å². The van der Waals surface area contributed by atoms with Crippen LogP contribution in [-0.4, -0.2) is 22.0 Å². The standard InChI is InChI=1S/C4H2Cl4O4/c5-1-4(7,8)12-3(10)11-2(6)9/h1H2. The van der Waals surface area contributed by atoms with E-state index in [4.69, 9.17) is 34.8 Å². The van der Waals surface area contributed by atoms with Crippen molar-refractivity contribution < 1.29 is 19.1 Å². The van der Waals surface area contributed by atoms with Crippen LogP contribution in [0.3, 0.4) is 0 Å². The van der Waals surface area contributed by atoms with Crippen LogP contribution in [0.15, 0.2) is 0 Å². The molecule has 0 aliphatic heterocycles. The van der Waals surface area contributed by atoms with Crippen LogP contribution < -0.4 is 0 Å². The Bertz CT molecular complexity index is 191. The summed E-state index contributed by atoms with van der Waals surface area (Å²) < 4.78 is 5.93. The Labute approximate surface area is 87.6 Å². The molecule has 0 aromatic carbocycles. The van der Waals surface area contributed by atoms with Crippen molar-refractivity contribution in [3.05, 3.63) is 0 Å². The second-order valence-corrected chi connectivity index (χ2v) is 3.45. The molecule has 0 amide bonds. The molecular formula is C4H2Cl4O4. The third kappa shape index (κ3) is 5.71. The smallest absolute Gasteiger partial charge is 0.396 e. The normalized spacial score (nSPS) is 10.7. The summed E-state index contributed by atoms with van der Waals surface area (Å²) in [5.41, 5.74) is -1.35. The number of rotatable bonds is 2. The van der Waals surface area contributed by atoms with Gasteiger partial charge in [-0.3, -0.25) is 0 Å². The minimum atomic E-state index is -1.93. The minimum Gasteiger partial charge on any atom is -0.396 e. The average Bonchev–Trinajstić information content (AvgIpc) is 1.84. The van der Waals surface area contributed by atoms with Crippen LogP contribution in [0.5, 0.6) is 0 Å². The van der Waals surface area contributed by atoms with Crippen molar-refractivity contribution in [1.29, 1.82) is 0 Å². The number of hydrogen-bond donors (Lipinski definition) is 0. The highest BCUT2D eigenvalue weighted by Crippen LogP contribution is 2.24. The molecule has 0 saturated heterocycles. The maximum atomic E-state index is 10.5. The quantitative estimate of drug-likeness (QED) is 0.330. The highest BCUT2D eigenvalue weighted by atomic mass is 35.5. The summed E-state index contributed by atoms with van der Waals surface area (Å²) in [5, 5.41) is 0. The summed E-state index contributed by atoms with van der Waals surface area (Å²) in [5.74, 6) is -0.373. The van der Waals surface area contributed by atoms with Crippen molar-refractivity contribution >= 4 is 58.0 Å². The molecule has 0 rings (SSSR count). The number of ether oxygens (including phenoxy) is 2. The Kier molecular flexibility index (Phi) is 5.01. The van der Waals surface area contributed by atoms with Gasteiger partial charge in [-0.15, -0.1) is 11.6 Å². The van der Waals surface area contributed by atoms with E-state index in [2.05, 4.69) is 21.1 Å². The molecule has 0 bridgehead atoms. The molecule has 0 aromatic rings. The molecule has 0 aliphatic rings. The molecule has 4 nitrogen and oxygen atoms in total. The van der Waals surface area contributed by atoms with E-state index in [0.29, 0.717) is 0 Å². The minimum absolute atomic E-state index is 0.373. The zero-order valence-electron chi connectivity index (χ0n) is 5.35. The molecule has 0 radical (unpaired) electrons. The van der Waals surface area contributed by atoms with Crippen molar-refractivity contribution in [2.75, 3.05) is 5.88 Å². The first kappa shape index (κ1) is 12.1. The van der Waals surface area contributed by atoms with Gasteiger partial charge >= 0.3 is 11.6 Å². The summed E-state index contributed by atoms with van der Waals surface area (Å²) in [7, 11) is 0. The van der Waals surface area contributed by atoms with Crippen molar-refractivity contribution in [3.63, 3.8) is 0 Å². The van der Waals surface area contributed by atoms with E-state index in [-0.39, 0.29) is 5.88 Å². The third-order valence-electron chi connectivity index (χ3n) is 0.552. The lowest BCUT2D eigenvalue weighted by Crippen LogP contribution is -2.25. The zero-order valence-corrected chi connectivity index (χ0v) is 8.38. The van der Waals surface area contributed by atoms with Gasteiger partial charge < -0.3 is 9.47 Å². The average molecular weight is 256 g/mol. The fourth-order valence-electron chi connectivity index (χ4n) is 0.236. The van der Waals surface area contributed by atoms with Crippen LogP contribution in [-0.2, 0) is 9.47 Å². The lowest BCUT2D eigenvalue weighted by molar-refractivity contribution is 0.0663. The van der Waals surface area contributed by atoms with Crippen molar-refractivity contribution in [2.24, 2.45) is 0 Å². The lowest BCUT2D eigenvalue weighted by Gasteiger charge is -2.14. The highest BCUT2D eigenvalue weighted by molar-refractivity contribution is 6.61. The van der Waals surface area contributed by atoms with Crippen LogP contribution in [0.1, 0.15) is 0 Å². The molecule has 0 unspecified atom stereocenters. The number of alkyl halides is 3. The van der Waals surface area contributed by atoms with E-state index in [0.717, 1.165) is 0 Å². The molecule has 0 aliphatic carbocycles. The summed E-state index contributed by atoms with van der Waals surface area (Å²) in [6, 6.07) is 0. The number of carbonyl (C=O) groups is 2. The van der Waals surface area contributed by atoms with Gasteiger partial charge in [-0.1, -0.05) is 23.2 Å². The Hall–Kier alpha value is 0.1000.